The smallest absolute Gasteiger partial charge is 0.191 e. The molecule has 1 aliphatic rings. The lowest BCUT2D eigenvalue weighted by atomic mass is 10.0. The van der Waals surface area contributed by atoms with Gasteiger partial charge in [-0.3, -0.25) is 4.99 Å². The van der Waals surface area contributed by atoms with E-state index in [9.17, 15) is 0 Å². The highest BCUT2D eigenvalue weighted by atomic mass is 127. The molecule has 0 saturated heterocycles. The van der Waals surface area contributed by atoms with Crippen LogP contribution >= 0.6 is 24.0 Å². The maximum Gasteiger partial charge on any atom is 0.191 e. The van der Waals surface area contributed by atoms with Crippen LogP contribution in [0, 0.1) is 5.41 Å². The molecule has 0 spiro atoms. The Morgan fingerprint density at radius 2 is 1.82 bits per heavy atom. The number of aliphatic imine (C=N–C) groups is 1. The summed E-state index contributed by atoms with van der Waals surface area (Å²) in [6.45, 7) is 7.78. The summed E-state index contributed by atoms with van der Waals surface area (Å²) in [4.78, 5) is 4.63. The highest BCUT2D eigenvalue weighted by molar-refractivity contribution is 14.0. The summed E-state index contributed by atoms with van der Waals surface area (Å²) in [6, 6.07) is 0. The van der Waals surface area contributed by atoms with Gasteiger partial charge in [0, 0.05) is 33.4 Å². The number of nitrogens with one attached hydrogen (secondary N) is 2. The standard InChI is InChI=1S/C12H25N3O.HI/c1-4-13-11(14-5-2)15-10-12(6-7-12)8-9-16-3;/h4-10H2,1-3H3,(H2,13,14,15);1H. The van der Waals surface area contributed by atoms with Crippen LogP contribution in [0.15, 0.2) is 4.99 Å². The number of ether oxygens (including phenoxy) is 1. The van der Waals surface area contributed by atoms with Gasteiger partial charge in [-0.25, -0.2) is 0 Å². The fourth-order valence-electron chi connectivity index (χ4n) is 1.74. The number of guanidine groups is 1. The monoisotopic (exact) mass is 355 g/mol. The van der Waals surface area contributed by atoms with Crippen LogP contribution in [0.1, 0.15) is 33.1 Å². The van der Waals surface area contributed by atoms with E-state index in [1.165, 1.54) is 12.8 Å². The molecule has 0 aromatic heterocycles. The van der Waals surface area contributed by atoms with Crippen molar-refractivity contribution in [3.8, 4) is 0 Å². The highest BCUT2D eigenvalue weighted by Crippen LogP contribution is 2.48. The quantitative estimate of drug-likeness (QED) is 0.417. The molecule has 0 bridgehead atoms. The molecule has 4 nitrogen and oxygen atoms in total. The molecular weight excluding hydrogens is 329 g/mol. The topological polar surface area (TPSA) is 45.7 Å². The summed E-state index contributed by atoms with van der Waals surface area (Å²) < 4.78 is 5.14. The lowest BCUT2D eigenvalue weighted by Crippen LogP contribution is -2.37. The minimum absolute atomic E-state index is 0. The highest BCUT2D eigenvalue weighted by Gasteiger charge is 2.41. The molecule has 0 heterocycles. The molecule has 0 aromatic carbocycles. The van der Waals surface area contributed by atoms with Gasteiger partial charge in [-0.1, -0.05) is 0 Å². The van der Waals surface area contributed by atoms with E-state index < -0.39 is 0 Å². The Hall–Kier alpha value is -0.0400. The number of methoxy groups -OCH3 is 1. The second kappa shape index (κ2) is 8.97. The molecule has 1 saturated carbocycles. The van der Waals surface area contributed by atoms with Gasteiger partial charge in [0.15, 0.2) is 5.96 Å². The lowest BCUT2D eigenvalue weighted by molar-refractivity contribution is 0.174. The number of hydrogen-bond donors (Lipinski definition) is 2. The van der Waals surface area contributed by atoms with Gasteiger partial charge in [0.25, 0.3) is 0 Å². The van der Waals surface area contributed by atoms with E-state index in [4.69, 9.17) is 4.74 Å². The number of hydrogen-bond acceptors (Lipinski definition) is 2. The van der Waals surface area contributed by atoms with Crippen LogP contribution in [0.4, 0.5) is 0 Å². The van der Waals surface area contributed by atoms with Crippen LogP contribution in [0.3, 0.4) is 0 Å². The molecular formula is C12H26IN3O. The third-order valence-electron chi connectivity index (χ3n) is 3.05. The molecule has 1 aliphatic carbocycles. The first-order chi connectivity index (χ1) is 7.76. The molecule has 0 unspecified atom stereocenters. The van der Waals surface area contributed by atoms with E-state index in [1.54, 1.807) is 7.11 Å². The van der Waals surface area contributed by atoms with Gasteiger partial charge in [0.05, 0.1) is 0 Å². The average Bonchev–Trinajstić information content (AvgIpc) is 3.05. The number of nitrogens with zero attached hydrogens (tertiary/aromatic N) is 1. The van der Waals surface area contributed by atoms with Gasteiger partial charge in [-0.15, -0.1) is 24.0 Å². The Balaban J connectivity index is 0.00000256. The van der Waals surface area contributed by atoms with E-state index in [-0.39, 0.29) is 24.0 Å². The third-order valence-corrected chi connectivity index (χ3v) is 3.05. The zero-order valence-electron chi connectivity index (χ0n) is 11.2. The maximum atomic E-state index is 5.14. The fraction of sp³-hybridized carbons (Fsp3) is 0.917. The van der Waals surface area contributed by atoms with Crippen molar-refractivity contribution in [2.24, 2.45) is 10.4 Å². The van der Waals surface area contributed by atoms with Crippen molar-refractivity contribution in [1.29, 1.82) is 0 Å². The molecule has 1 rings (SSSR count). The summed E-state index contributed by atoms with van der Waals surface area (Å²) in [5.41, 5.74) is 0.437. The molecule has 1 fully saturated rings. The summed E-state index contributed by atoms with van der Waals surface area (Å²) in [5, 5.41) is 6.50. The first kappa shape index (κ1) is 17.0. The van der Waals surface area contributed by atoms with Crippen molar-refractivity contribution in [3.05, 3.63) is 0 Å². The van der Waals surface area contributed by atoms with Gasteiger partial charge in [0.2, 0.25) is 0 Å². The Bertz CT molecular complexity index is 222. The van der Waals surface area contributed by atoms with Gasteiger partial charge in [-0.2, -0.15) is 0 Å². The van der Waals surface area contributed by atoms with Crippen molar-refractivity contribution in [3.63, 3.8) is 0 Å². The van der Waals surface area contributed by atoms with Gasteiger partial charge >= 0.3 is 0 Å². The van der Waals surface area contributed by atoms with Crippen molar-refractivity contribution < 1.29 is 4.74 Å². The van der Waals surface area contributed by atoms with Gasteiger partial charge in [0.1, 0.15) is 0 Å². The minimum Gasteiger partial charge on any atom is -0.385 e. The molecule has 0 aliphatic heterocycles. The Morgan fingerprint density at radius 3 is 2.24 bits per heavy atom. The Labute approximate surface area is 122 Å². The minimum atomic E-state index is 0. The van der Waals surface area contributed by atoms with Crippen LogP contribution in [-0.4, -0.2) is 39.3 Å². The van der Waals surface area contributed by atoms with Crippen LogP contribution in [-0.2, 0) is 4.74 Å². The number of rotatable bonds is 7. The lowest BCUT2D eigenvalue weighted by Gasteiger charge is -2.14. The summed E-state index contributed by atoms with van der Waals surface area (Å²) in [7, 11) is 1.77. The molecule has 5 heteroatoms. The van der Waals surface area contributed by atoms with E-state index in [0.29, 0.717) is 5.41 Å². The van der Waals surface area contributed by atoms with E-state index in [2.05, 4.69) is 29.5 Å². The normalized spacial score (nSPS) is 15.7. The molecule has 2 N–H and O–H groups in total. The predicted octanol–water partition coefficient (Wildman–Crippen LogP) is 2.00. The molecule has 17 heavy (non-hydrogen) atoms. The van der Waals surface area contributed by atoms with Crippen LogP contribution in [0.5, 0.6) is 0 Å². The van der Waals surface area contributed by atoms with Gasteiger partial charge in [-0.05, 0) is 38.5 Å². The fourth-order valence-corrected chi connectivity index (χ4v) is 1.74. The van der Waals surface area contributed by atoms with E-state index in [0.717, 1.165) is 38.6 Å². The third kappa shape index (κ3) is 6.45. The first-order valence-electron chi connectivity index (χ1n) is 6.27. The number of halogens is 1. The van der Waals surface area contributed by atoms with Crippen molar-refractivity contribution in [2.45, 2.75) is 33.1 Å². The molecule has 0 radical (unpaired) electrons. The summed E-state index contributed by atoms with van der Waals surface area (Å²) in [5.74, 6) is 0.939. The van der Waals surface area contributed by atoms with Crippen LogP contribution in [0.2, 0.25) is 0 Å². The first-order valence-corrected chi connectivity index (χ1v) is 6.27. The van der Waals surface area contributed by atoms with Gasteiger partial charge < -0.3 is 15.4 Å². The van der Waals surface area contributed by atoms with E-state index in [1.807, 2.05) is 0 Å². The molecule has 102 valence electrons. The molecule has 0 atom stereocenters. The van der Waals surface area contributed by atoms with Crippen molar-refractivity contribution in [2.75, 3.05) is 33.4 Å². The Morgan fingerprint density at radius 1 is 1.24 bits per heavy atom. The van der Waals surface area contributed by atoms with Crippen molar-refractivity contribution in [1.82, 2.24) is 10.6 Å². The largest absolute Gasteiger partial charge is 0.385 e. The average molecular weight is 355 g/mol. The predicted molar refractivity (Wildman–Crippen MR) is 83.2 cm³/mol. The van der Waals surface area contributed by atoms with Crippen LogP contribution < -0.4 is 10.6 Å². The summed E-state index contributed by atoms with van der Waals surface area (Å²) in [6.07, 6.45) is 3.73. The zero-order valence-corrected chi connectivity index (χ0v) is 13.5. The SMILES string of the molecule is CCNC(=NCC1(CCOC)CC1)NCC.I. The molecule has 0 amide bonds. The second-order valence-corrected chi connectivity index (χ2v) is 4.47. The summed E-state index contributed by atoms with van der Waals surface area (Å²) >= 11 is 0. The van der Waals surface area contributed by atoms with E-state index >= 15 is 0 Å². The second-order valence-electron chi connectivity index (χ2n) is 4.47. The van der Waals surface area contributed by atoms with Crippen molar-refractivity contribution >= 4 is 29.9 Å². The molecule has 0 aromatic rings. The zero-order chi connectivity index (χ0) is 11.9. The Kier molecular flexibility index (Phi) is 8.94. The maximum absolute atomic E-state index is 5.14. The van der Waals surface area contributed by atoms with Crippen LogP contribution in [0.25, 0.3) is 0 Å².